The molecule has 22 heavy (non-hydrogen) atoms. The Labute approximate surface area is 134 Å². The summed E-state index contributed by atoms with van der Waals surface area (Å²) in [5, 5.41) is 3.68. The molecule has 3 unspecified atom stereocenters. The average molecular weight is 312 g/mol. The van der Waals surface area contributed by atoms with Crippen molar-refractivity contribution >= 4 is 6.09 Å². The number of likely N-dealkylation sites (tertiary alicyclic amines) is 1. The van der Waals surface area contributed by atoms with Gasteiger partial charge in [-0.05, 0) is 58.9 Å². The lowest BCUT2D eigenvalue weighted by Crippen LogP contribution is -2.41. The molecule has 2 saturated heterocycles. The number of carbonyl (C=O) groups is 1. The van der Waals surface area contributed by atoms with Crippen molar-refractivity contribution in [3.05, 3.63) is 0 Å². The summed E-state index contributed by atoms with van der Waals surface area (Å²) in [4.78, 5) is 13.9. The van der Waals surface area contributed by atoms with Gasteiger partial charge in [0.05, 0.1) is 6.10 Å². The predicted octanol–water partition coefficient (Wildman–Crippen LogP) is 2.79. The molecule has 0 bridgehead atoms. The Balaban J connectivity index is 1.69. The van der Waals surface area contributed by atoms with E-state index >= 15 is 0 Å². The van der Waals surface area contributed by atoms with Crippen LogP contribution in [0.1, 0.15) is 53.4 Å². The molecule has 0 aromatic rings. The van der Waals surface area contributed by atoms with E-state index in [1.54, 1.807) is 0 Å². The van der Waals surface area contributed by atoms with Crippen LogP contribution in [0.4, 0.5) is 4.79 Å². The molecule has 5 nitrogen and oxygen atoms in total. The fourth-order valence-electron chi connectivity index (χ4n) is 3.18. The smallest absolute Gasteiger partial charge is 0.410 e. The van der Waals surface area contributed by atoms with Crippen LogP contribution in [-0.2, 0) is 9.47 Å². The topological polar surface area (TPSA) is 50.8 Å². The van der Waals surface area contributed by atoms with E-state index in [0.717, 1.165) is 51.9 Å². The molecule has 2 heterocycles. The van der Waals surface area contributed by atoms with Crippen LogP contribution in [0.25, 0.3) is 0 Å². The zero-order chi connectivity index (χ0) is 16.2. The molecule has 0 aromatic carbocycles. The third-order valence-corrected chi connectivity index (χ3v) is 4.46. The summed E-state index contributed by atoms with van der Waals surface area (Å²) in [6.07, 6.45) is 4.60. The molecule has 2 aliphatic rings. The molecule has 0 spiro atoms. The fourth-order valence-corrected chi connectivity index (χ4v) is 3.18. The van der Waals surface area contributed by atoms with E-state index in [2.05, 4.69) is 12.2 Å². The summed E-state index contributed by atoms with van der Waals surface area (Å²) < 4.78 is 11.2. The summed E-state index contributed by atoms with van der Waals surface area (Å²) in [7, 11) is 0. The number of hydrogen-bond donors (Lipinski definition) is 1. The highest BCUT2D eigenvalue weighted by Gasteiger charge is 2.30. The van der Waals surface area contributed by atoms with Crippen molar-refractivity contribution in [1.82, 2.24) is 10.2 Å². The third kappa shape index (κ3) is 5.43. The minimum atomic E-state index is -0.412. The lowest BCUT2D eigenvalue weighted by molar-refractivity contribution is -0.000564. The number of rotatable bonds is 4. The molecule has 0 radical (unpaired) electrons. The van der Waals surface area contributed by atoms with Crippen molar-refractivity contribution in [3.8, 4) is 0 Å². The molecular formula is C17H32N2O3. The quantitative estimate of drug-likeness (QED) is 0.867. The molecule has 1 amide bonds. The number of nitrogens with zero attached hydrogens (tertiary/aromatic N) is 1. The van der Waals surface area contributed by atoms with Crippen LogP contribution < -0.4 is 5.32 Å². The van der Waals surface area contributed by atoms with Gasteiger partial charge in [-0.3, -0.25) is 0 Å². The van der Waals surface area contributed by atoms with Crippen molar-refractivity contribution in [2.75, 3.05) is 26.2 Å². The molecule has 128 valence electrons. The van der Waals surface area contributed by atoms with Gasteiger partial charge in [0, 0.05) is 25.7 Å². The minimum absolute atomic E-state index is 0.174. The third-order valence-electron chi connectivity index (χ3n) is 4.46. The summed E-state index contributed by atoms with van der Waals surface area (Å²) >= 11 is 0. The van der Waals surface area contributed by atoms with Gasteiger partial charge in [-0.2, -0.15) is 0 Å². The van der Waals surface area contributed by atoms with Crippen molar-refractivity contribution < 1.29 is 14.3 Å². The lowest BCUT2D eigenvalue weighted by atomic mass is 10.0. The van der Waals surface area contributed by atoms with Gasteiger partial charge in [0.25, 0.3) is 0 Å². The molecule has 2 rings (SSSR count). The van der Waals surface area contributed by atoms with E-state index in [4.69, 9.17) is 9.47 Å². The largest absolute Gasteiger partial charge is 0.444 e. The van der Waals surface area contributed by atoms with Gasteiger partial charge in [0.15, 0.2) is 0 Å². The maximum absolute atomic E-state index is 12.1. The first kappa shape index (κ1) is 17.5. The summed E-state index contributed by atoms with van der Waals surface area (Å²) in [6, 6.07) is 0.564. The highest BCUT2D eigenvalue weighted by Crippen LogP contribution is 2.21. The second-order valence-corrected chi connectivity index (χ2v) is 7.61. The van der Waals surface area contributed by atoms with Gasteiger partial charge in [-0.25, -0.2) is 4.79 Å². The van der Waals surface area contributed by atoms with E-state index in [-0.39, 0.29) is 6.09 Å². The SMILES string of the molecule is CCC1CC(NCC2CCN(C(=O)OC(C)(C)C)C2)CCO1. The second kappa shape index (κ2) is 7.64. The number of nitrogens with one attached hydrogen (secondary N) is 1. The Morgan fingerprint density at radius 3 is 2.82 bits per heavy atom. The number of hydrogen-bond acceptors (Lipinski definition) is 4. The van der Waals surface area contributed by atoms with Gasteiger partial charge in [0.1, 0.15) is 5.60 Å². The fraction of sp³-hybridized carbons (Fsp3) is 0.941. The van der Waals surface area contributed by atoms with Crippen LogP contribution in [0, 0.1) is 5.92 Å². The van der Waals surface area contributed by atoms with Crippen molar-refractivity contribution in [3.63, 3.8) is 0 Å². The second-order valence-electron chi connectivity index (χ2n) is 7.61. The van der Waals surface area contributed by atoms with Gasteiger partial charge in [0.2, 0.25) is 0 Å². The molecule has 0 aromatic heterocycles. The average Bonchev–Trinajstić information content (AvgIpc) is 2.92. The first-order valence-corrected chi connectivity index (χ1v) is 8.70. The first-order chi connectivity index (χ1) is 10.4. The molecule has 2 aliphatic heterocycles. The van der Waals surface area contributed by atoms with E-state index in [1.165, 1.54) is 0 Å². The predicted molar refractivity (Wildman–Crippen MR) is 87.0 cm³/mol. The Hall–Kier alpha value is -0.810. The Morgan fingerprint density at radius 2 is 2.14 bits per heavy atom. The van der Waals surface area contributed by atoms with Crippen LogP contribution in [0.15, 0.2) is 0 Å². The van der Waals surface area contributed by atoms with Crippen molar-refractivity contribution in [1.29, 1.82) is 0 Å². The Morgan fingerprint density at radius 1 is 1.36 bits per heavy atom. The zero-order valence-corrected chi connectivity index (χ0v) is 14.6. The van der Waals surface area contributed by atoms with E-state index in [9.17, 15) is 4.79 Å². The van der Waals surface area contributed by atoms with Crippen molar-refractivity contribution in [2.24, 2.45) is 5.92 Å². The molecule has 3 atom stereocenters. The minimum Gasteiger partial charge on any atom is -0.444 e. The molecular weight excluding hydrogens is 280 g/mol. The lowest BCUT2D eigenvalue weighted by Gasteiger charge is -2.30. The number of ether oxygens (including phenoxy) is 2. The Kier molecular flexibility index (Phi) is 6.09. The highest BCUT2D eigenvalue weighted by molar-refractivity contribution is 5.68. The number of amides is 1. The first-order valence-electron chi connectivity index (χ1n) is 8.70. The molecule has 0 aliphatic carbocycles. The van der Waals surface area contributed by atoms with Crippen LogP contribution in [0.2, 0.25) is 0 Å². The van der Waals surface area contributed by atoms with Gasteiger partial charge in [-0.1, -0.05) is 6.92 Å². The molecule has 0 saturated carbocycles. The van der Waals surface area contributed by atoms with E-state index in [1.807, 2.05) is 25.7 Å². The van der Waals surface area contributed by atoms with Gasteiger partial charge < -0.3 is 19.7 Å². The van der Waals surface area contributed by atoms with Crippen LogP contribution in [0.5, 0.6) is 0 Å². The Bertz CT molecular complexity index is 367. The summed E-state index contributed by atoms with van der Waals surface area (Å²) in [6.45, 7) is 11.4. The maximum atomic E-state index is 12.1. The van der Waals surface area contributed by atoms with Crippen LogP contribution in [-0.4, -0.2) is 55.0 Å². The van der Waals surface area contributed by atoms with Gasteiger partial charge >= 0.3 is 6.09 Å². The molecule has 2 fully saturated rings. The van der Waals surface area contributed by atoms with E-state index in [0.29, 0.717) is 18.1 Å². The monoisotopic (exact) mass is 312 g/mol. The van der Waals surface area contributed by atoms with Crippen LogP contribution in [0.3, 0.4) is 0 Å². The van der Waals surface area contributed by atoms with Crippen molar-refractivity contribution in [2.45, 2.75) is 71.1 Å². The van der Waals surface area contributed by atoms with E-state index < -0.39 is 5.60 Å². The summed E-state index contributed by atoms with van der Waals surface area (Å²) in [5.74, 6) is 0.537. The normalized spacial score (nSPS) is 29.6. The van der Waals surface area contributed by atoms with Gasteiger partial charge in [-0.15, -0.1) is 0 Å². The summed E-state index contributed by atoms with van der Waals surface area (Å²) in [5.41, 5.74) is -0.412. The zero-order valence-electron chi connectivity index (χ0n) is 14.6. The van der Waals surface area contributed by atoms with Crippen LogP contribution >= 0.6 is 0 Å². The maximum Gasteiger partial charge on any atom is 0.410 e. The number of carbonyl (C=O) groups excluding carboxylic acids is 1. The standard InChI is InChI=1S/C17H32N2O3/c1-5-15-10-14(7-9-21-15)18-11-13-6-8-19(12-13)16(20)22-17(2,3)4/h13-15,18H,5-12H2,1-4H3. The molecule has 1 N–H and O–H groups in total. The molecule has 5 heteroatoms. The highest BCUT2D eigenvalue weighted by atomic mass is 16.6.